The smallest absolute Gasteiger partial charge is 0.245 e. The van der Waals surface area contributed by atoms with Gasteiger partial charge in [-0.3, -0.25) is 0 Å². The first-order valence-corrected chi connectivity index (χ1v) is 8.87. The predicted molar refractivity (Wildman–Crippen MR) is 86.3 cm³/mol. The summed E-state index contributed by atoms with van der Waals surface area (Å²) >= 11 is 12.4. The van der Waals surface area contributed by atoms with Gasteiger partial charge in [-0.1, -0.05) is 29.3 Å². The van der Waals surface area contributed by atoms with Crippen LogP contribution in [0.15, 0.2) is 29.7 Å². The van der Waals surface area contributed by atoms with Crippen molar-refractivity contribution < 1.29 is 8.42 Å². The lowest BCUT2D eigenvalue weighted by molar-refractivity contribution is 0.436. The fourth-order valence-corrected chi connectivity index (χ4v) is 4.72. The average Bonchev–Trinajstić information content (AvgIpc) is 3.24. The molecule has 7 heteroatoms. The number of rotatable bonds is 7. The highest BCUT2D eigenvalue weighted by Crippen LogP contribution is 2.37. The molecule has 0 heterocycles. The molecular formula is C14H18Cl2N2O2S. The van der Waals surface area contributed by atoms with Gasteiger partial charge in [-0.25, -0.2) is 8.42 Å². The highest BCUT2D eigenvalue weighted by molar-refractivity contribution is 7.89. The Morgan fingerprint density at radius 1 is 1.43 bits per heavy atom. The number of benzene rings is 1. The molecule has 0 aliphatic heterocycles. The summed E-state index contributed by atoms with van der Waals surface area (Å²) in [4.78, 5) is 0.104. The number of hydrogen-bond donors (Lipinski definition) is 1. The van der Waals surface area contributed by atoms with Crippen LogP contribution in [0.2, 0.25) is 10.0 Å². The van der Waals surface area contributed by atoms with Gasteiger partial charge >= 0.3 is 0 Å². The Balaban J connectivity index is 2.48. The predicted octanol–water partition coefficient (Wildman–Crippen LogP) is 3.05. The molecule has 1 aromatic carbocycles. The first-order valence-electron chi connectivity index (χ1n) is 6.67. The summed E-state index contributed by atoms with van der Waals surface area (Å²) in [6, 6.07) is 3.09. The fraction of sp³-hybridized carbons (Fsp3) is 0.429. The molecule has 0 atom stereocenters. The molecule has 0 radical (unpaired) electrons. The summed E-state index contributed by atoms with van der Waals surface area (Å²) in [5, 5.41) is 3.58. The molecule has 1 saturated carbocycles. The number of halogens is 2. The van der Waals surface area contributed by atoms with E-state index < -0.39 is 10.0 Å². The Morgan fingerprint density at radius 3 is 2.62 bits per heavy atom. The van der Waals surface area contributed by atoms with E-state index in [4.69, 9.17) is 23.2 Å². The van der Waals surface area contributed by atoms with E-state index in [1.165, 1.54) is 10.4 Å². The van der Waals surface area contributed by atoms with Crippen molar-refractivity contribution in [3.05, 3.63) is 40.4 Å². The van der Waals surface area contributed by atoms with Crippen LogP contribution in [-0.4, -0.2) is 32.4 Å². The molecule has 21 heavy (non-hydrogen) atoms. The maximum atomic E-state index is 12.8. The highest BCUT2D eigenvalue weighted by atomic mass is 35.5. The second-order valence-electron chi connectivity index (χ2n) is 4.96. The third-order valence-electron chi connectivity index (χ3n) is 3.35. The van der Waals surface area contributed by atoms with E-state index >= 15 is 0 Å². The SMILES string of the molecule is C=CCN(C1CC1)S(=O)(=O)c1ccc(Cl)c(CNC)c1Cl. The van der Waals surface area contributed by atoms with Gasteiger partial charge in [0.05, 0.1) is 5.02 Å². The van der Waals surface area contributed by atoms with Crippen molar-refractivity contribution in [2.24, 2.45) is 0 Å². The van der Waals surface area contributed by atoms with Gasteiger partial charge in [-0.15, -0.1) is 6.58 Å². The van der Waals surface area contributed by atoms with Gasteiger partial charge in [0.1, 0.15) is 4.90 Å². The van der Waals surface area contributed by atoms with E-state index in [1.54, 1.807) is 19.2 Å². The van der Waals surface area contributed by atoms with Crippen molar-refractivity contribution in [3.63, 3.8) is 0 Å². The maximum Gasteiger partial charge on any atom is 0.245 e. The Kier molecular flexibility index (Phi) is 5.33. The molecular weight excluding hydrogens is 331 g/mol. The van der Waals surface area contributed by atoms with Gasteiger partial charge in [0.25, 0.3) is 0 Å². The molecule has 0 unspecified atom stereocenters. The van der Waals surface area contributed by atoms with Crippen LogP contribution >= 0.6 is 23.2 Å². The molecule has 0 aromatic heterocycles. The van der Waals surface area contributed by atoms with Crippen molar-refractivity contribution in [1.29, 1.82) is 0 Å². The summed E-state index contributed by atoms with van der Waals surface area (Å²) in [6.07, 6.45) is 3.34. The molecule has 1 N–H and O–H groups in total. The summed E-state index contributed by atoms with van der Waals surface area (Å²) in [5.41, 5.74) is 0.594. The van der Waals surface area contributed by atoms with Crippen LogP contribution in [0.25, 0.3) is 0 Å². The molecule has 0 amide bonds. The van der Waals surface area contributed by atoms with Gasteiger partial charge in [0.15, 0.2) is 0 Å². The summed E-state index contributed by atoms with van der Waals surface area (Å²) in [7, 11) is -1.89. The molecule has 1 aromatic rings. The lowest BCUT2D eigenvalue weighted by atomic mass is 10.2. The minimum absolute atomic E-state index is 0.0486. The first-order chi connectivity index (χ1) is 9.93. The van der Waals surface area contributed by atoms with E-state index in [9.17, 15) is 8.42 Å². The lowest BCUT2D eigenvalue weighted by Crippen LogP contribution is -2.33. The lowest BCUT2D eigenvalue weighted by Gasteiger charge is -2.22. The zero-order valence-electron chi connectivity index (χ0n) is 11.8. The van der Waals surface area contributed by atoms with Gasteiger partial charge in [-0.2, -0.15) is 4.31 Å². The number of hydrogen-bond acceptors (Lipinski definition) is 3. The van der Waals surface area contributed by atoms with E-state index in [-0.39, 0.29) is 22.5 Å². The van der Waals surface area contributed by atoms with Crippen LogP contribution in [0.3, 0.4) is 0 Å². The Labute approximate surface area is 135 Å². The van der Waals surface area contributed by atoms with Crippen LogP contribution in [0.4, 0.5) is 0 Å². The van der Waals surface area contributed by atoms with Crippen molar-refractivity contribution in [3.8, 4) is 0 Å². The summed E-state index contributed by atoms with van der Waals surface area (Å²) in [6.45, 7) is 4.32. The molecule has 2 rings (SSSR count). The highest BCUT2D eigenvalue weighted by Gasteiger charge is 2.38. The van der Waals surface area contributed by atoms with E-state index in [2.05, 4.69) is 11.9 Å². The van der Waals surface area contributed by atoms with E-state index in [1.807, 2.05) is 0 Å². The number of nitrogens with one attached hydrogen (secondary N) is 1. The van der Waals surface area contributed by atoms with Crippen molar-refractivity contribution in [1.82, 2.24) is 9.62 Å². The Morgan fingerprint density at radius 2 is 2.10 bits per heavy atom. The second kappa shape index (κ2) is 6.67. The maximum absolute atomic E-state index is 12.8. The molecule has 1 aliphatic carbocycles. The van der Waals surface area contributed by atoms with E-state index in [0.717, 1.165) is 12.8 Å². The molecule has 1 aliphatic rings. The number of sulfonamides is 1. The van der Waals surface area contributed by atoms with Crippen molar-refractivity contribution in [2.75, 3.05) is 13.6 Å². The molecule has 116 valence electrons. The quantitative estimate of drug-likeness (QED) is 0.770. The van der Waals surface area contributed by atoms with Gasteiger partial charge in [0, 0.05) is 29.7 Å². The van der Waals surface area contributed by atoms with Crippen LogP contribution in [0, 0.1) is 0 Å². The zero-order valence-corrected chi connectivity index (χ0v) is 14.1. The largest absolute Gasteiger partial charge is 0.316 e. The third kappa shape index (κ3) is 3.43. The topological polar surface area (TPSA) is 49.4 Å². The Hall–Kier alpha value is -0.590. The second-order valence-corrected chi connectivity index (χ2v) is 7.61. The zero-order chi connectivity index (χ0) is 15.6. The van der Waals surface area contributed by atoms with Crippen molar-refractivity contribution in [2.45, 2.75) is 30.3 Å². The summed E-state index contributed by atoms with van der Waals surface area (Å²) in [5.74, 6) is 0. The van der Waals surface area contributed by atoms with Crippen LogP contribution in [0.1, 0.15) is 18.4 Å². The third-order valence-corrected chi connectivity index (χ3v) is 6.21. The molecule has 0 spiro atoms. The monoisotopic (exact) mass is 348 g/mol. The molecule has 1 fully saturated rings. The molecule has 4 nitrogen and oxygen atoms in total. The first kappa shape index (κ1) is 16.8. The van der Waals surface area contributed by atoms with Crippen LogP contribution in [-0.2, 0) is 16.6 Å². The number of nitrogens with zero attached hydrogens (tertiary/aromatic N) is 1. The fourth-order valence-electron chi connectivity index (χ4n) is 2.17. The summed E-state index contributed by atoms with van der Waals surface area (Å²) < 4.78 is 27.1. The van der Waals surface area contributed by atoms with Gasteiger partial charge in [0.2, 0.25) is 10.0 Å². The minimum Gasteiger partial charge on any atom is -0.316 e. The van der Waals surface area contributed by atoms with E-state index in [0.29, 0.717) is 17.1 Å². The standard InChI is InChI=1S/C14H18Cl2N2O2S/c1-3-8-18(10-4-5-10)21(19,20)13-7-6-12(15)11(9-17-2)14(13)16/h3,6-7,10,17H,1,4-5,8-9H2,2H3. The normalized spacial score (nSPS) is 15.4. The van der Waals surface area contributed by atoms with Crippen LogP contribution < -0.4 is 5.32 Å². The van der Waals surface area contributed by atoms with Crippen molar-refractivity contribution >= 4 is 33.2 Å². The Bertz CT molecular complexity index is 643. The van der Waals surface area contributed by atoms with Crippen LogP contribution in [0.5, 0.6) is 0 Å². The molecule has 0 saturated heterocycles. The average molecular weight is 349 g/mol. The molecule has 0 bridgehead atoms. The minimum atomic E-state index is -3.64. The van der Waals surface area contributed by atoms with Gasteiger partial charge < -0.3 is 5.32 Å². The van der Waals surface area contributed by atoms with Gasteiger partial charge in [-0.05, 0) is 32.0 Å².